The maximum Gasteiger partial charge on any atom is 0.269 e. The number of nitrogens with zero attached hydrogens (tertiary/aromatic N) is 1. The predicted molar refractivity (Wildman–Crippen MR) is 111 cm³/mol. The minimum Gasteiger partial charge on any atom is -0.271 e. The van der Waals surface area contributed by atoms with E-state index in [9.17, 15) is 27.6 Å². The van der Waals surface area contributed by atoms with Crippen LogP contribution in [0.5, 0.6) is 0 Å². The van der Waals surface area contributed by atoms with Gasteiger partial charge in [0.25, 0.3) is 23.6 Å². The lowest BCUT2D eigenvalue weighted by molar-refractivity contribution is -0.127. The highest BCUT2D eigenvalue weighted by Gasteiger charge is 2.44. The van der Waals surface area contributed by atoms with E-state index < -0.39 is 45.4 Å². The lowest BCUT2D eigenvalue weighted by Crippen LogP contribution is -2.56. The molecule has 1 aliphatic heterocycles. The molecule has 10 heteroatoms. The number of nitrogens with one attached hydrogen (secondary N) is 2. The lowest BCUT2D eigenvalue weighted by Gasteiger charge is -2.28. The third kappa shape index (κ3) is 4.33. The summed E-state index contributed by atoms with van der Waals surface area (Å²) in [5, 5.41) is 0. The topological polar surface area (TPSA) is 130 Å². The number of fused-ring (bicyclic) bond motifs is 1. The molecule has 3 rings (SSSR count). The SMILES string of the molecule is CC(C)C(C(=O)NNC(=O)c1ccc(S(C)(=O)=O)cc1)N1C(=O)c2ccccc2C1=O. The van der Waals surface area contributed by atoms with E-state index in [0.717, 1.165) is 11.2 Å². The molecule has 0 aliphatic carbocycles. The average Bonchev–Trinajstić information content (AvgIpc) is 2.97. The number of carbonyl (C=O) groups excluding carboxylic acids is 4. The second-order valence-corrected chi connectivity index (χ2v) is 9.47. The van der Waals surface area contributed by atoms with Crippen LogP contribution in [-0.2, 0) is 14.6 Å². The summed E-state index contributed by atoms with van der Waals surface area (Å²) in [7, 11) is -3.41. The summed E-state index contributed by atoms with van der Waals surface area (Å²) >= 11 is 0. The van der Waals surface area contributed by atoms with Gasteiger partial charge in [-0.15, -0.1) is 0 Å². The predicted octanol–water partition coefficient (Wildman–Crippen LogP) is 1.17. The number of sulfone groups is 1. The summed E-state index contributed by atoms with van der Waals surface area (Å²) in [6, 6.07) is 10.3. The van der Waals surface area contributed by atoms with E-state index in [-0.39, 0.29) is 21.6 Å². The first-order valence-electron chi connectivity index (χ1n) is 9.39. The van der Waals surface area contributed by atoms with Crippen molar-refractivity contribution in [3.05, 3.63) is 65.2 Å². The maximum atomic E-state index is 12.8. The Labute approximate surface area is 179 Å². The Morgan fingerprint density at radius 3 is 1.84 bits per heavy atom. The summed E-state index contributed by atoms with van der Waals surface area (Å²) in [4.78, 5) is 51.5. The Morgan fingerprint density at radius 1 is 0.871 bits per heavy atom. The number of rotatable bonds is 5. The van der Waals surface area contributed by atoms with Crippen LogP contribution in [0.25, 0.3) is 0 Å². The molecule has 9 nitrogen and oxygen atoms in total. The minimum atomic E-state index is -3.41. The Kier molecular flexibility index (Phi) is 5.94. The molecule has 1 unspecified atom stereocenters. The largest absolute Gasteiger partial charge is 0.271 e. The van der Waals surface area contributed by atoms with E-state index in [1.54, 1.807) is 26.0 Å². The fourth-order valence-electron chi connectivity index (χ4n) is 3.30. The quantitative estimate of drug-likeness (QED) is 0.527. The van der Waals surface area contributed by atoms with Crippen molar-refractivity contribution in [3.63, 3.8) is 0 Å². The number of hydrogen-bond donors (Lipinski definition) is 2. The minimum absolute atomic E-state index is 0.0542. The summed E-state index contributed by atoms with van der Waals surface area (Å²) in [5.41, 5.74) is 5.04. The zero-order valence-corrected chi connectivity index (χ0v) is 17.9. The van der Waals surface area contributed by atoms with Gasteiger partial charge in [-0.05, 0) is 42.3 Å². The standard InChI is InChI=1S/C21H21N3O6S/c1-12(2)17(24-20(27)15-6-4-5-7-16(15)21(24)28)19(26)23-22-18(25)13-8-10-14(11-9-13)31(3,29)30/h4-12,17H,1-3H3,(H,22,25)(H,23,26). The van der Waals surface area contributed by atoms with Gasteiger partial charge in [0.05, 0.1) is 16.0 Å². The molecule has 2 aromatic carbocycles. The second-order valence-electron chi connectivity index (χ2n) is 7.45. The maximum absolute atomic E-state index is 12.8. The van der Waals surface area contributed by atoms with Crippen LogP contribution in [0, 0.1) is 5.92 Å². The van der Waals surface area contributed by atoms with Crippen LogP contribution in [0.2, 0.25) is 0 Å². The first kappa shape index (κ1) is 22.2. The average molecular weight is 443 g/mol. The van der Waals surface area contributed by atoms with Gasteiger partial charge in [-0.25, -0.2) is 8.42 Å². The summed E-state index contributed by atoms with van der Waals surface area (Å²) in [6.45, 7) is 3.36. The van der Waals surface area contributed by atoms with Gasteiger partial charge in [-0.3, -0.25) is 34.9 Å². The number of imide groups is 1. The Bertz CT molecular complexity index is 1140. The Morgan fingerprint density at radius 2 is 1.39 bits per heavy atom. The molecule has 2 N–H and O–H groups in total. The van der Waals surface area contributed by atoms with Gasteiger partial charge in [-0.1, -0.05) is 26.0 Å². The Hall–Kier alpha value is -3.53. The number of amides is 4. The van der Waals surface area contributed by atoms with Crippen molar-refractivity contribution in [2.75, 3.05) is 6.26 Å². The molecular weight excluding hydrogens is 422 g/mol. The van der Waals surface area contributed by atoms with Crippen LogP contribution in [0.1, 0.15) is 44.9 Å². The molecule has 162 valence electrons. The van der Waals surface area contributed by atoms with E-state index in [1.807, 2.05) is 0 Å². The molecule has 31 heavy (non-hydrogen) atoms. The highest BCUT2D eigenvalue weighted by Crippen LogP contribution is 2.27. The molecule has 0 bridgehead atoms. The van der Waals surface area contributed by atoms with Crippen LogP contribution in [0.15, 0.2) is 53.4 Å². The molecule has 2 aromatic rings. The zero-order chi connectivity index (χ0) is 22.9. The second kappa shape index (κ2) is 8.31. The molecule has 0 radical (unpaired) electrons. The molecule has 0 fully saturated rings. The van der Waals surface area contributed by atoms with Crippen molar-refractivity contribution in [1.29, 1.82) is 0 Å². The normalized spacial score (nSPS) is 14.4. The Balaban J connectivity index is 1.73. The van der Waals surface area contributed by atoms with Gasteiger partial charge in [0, 0.05) is 11.8 Å². The number of hydrazine groups is 1. The van der Waals surface area contributed by atoms with Crippen molar-refractivity contribution >= 4 is 33.5 Å². The fourth-order valence-corrected chi connectivity index (χ4v) is 3.93. The molecule has 1 aliphatic rings. The molecule has 0 saturated carbocycles. The number of carbonyl (C=O) groups is 4. The van der Waals surface area contributed by atoms with E-state index in [1.165, 1.54) is 36.4 Å². The van der Waals surface area contributed by atoms with Crippen LogP contribution in [0.3, 0.4) is 0 Å². The fraction of sp³-hybridized carbons (Fsp3) is 0.238. The highest BCUT2D eigenvalue weighted by molar-refractivity contribution is 7.90. The van der Waals surface area contributed by atoms with Crippen LogP contribution in [-0.4, -0.2) is 49.2 Å². The summed E-state index contributed by atoms with van der Waals surface area (Å²) < 4.78 is 23.0. The summed E-state index contributed by atoms with van der Waals surface area (Å²) in [5.74, 6) is -2.98. The van der Waals surface area contributed by atoms with Crippen molar-refractivity contribution in [1.82, 2.24) is 15.8 Å². The monoisotopic (exact) mass is 443 g/mol. The van der Waals surface area contributed by atoms with Crippen LogP contribution in [0.4, 0.5) is 0 Å². The highest BCUT2D eigenvalue weighted by atomic mass is 32.2. The van der Waals surface area contributed by atoms with E-state index in [4.69, 9.17) is 0 Å². The molecular formula is C21H21N3O6S. The number of hydrogen-bond acceptors (Lipinski definition) is 6. The molecule has 4 amide bonds. The third-order valence-corrected chi connectivity index (χ3v) is 5.98. The van der Waals surface area contributed by atoms with Gasteiger partial charge in [0.2, 0.25) is 0 Å². The van der Waals surface area contributed by atoms with E-state index in [0.29, 0.717) is 0 Å². The van der Waals surface area contributed by atoms with Crippen molar-refractivity contribution in [3.8, 4) is 0 Å². The van der Waals surface area contributed by atoms with Crippen molar-refractivity contribution in [2.24, 2.45) is 5.92 Å². The van der Waals surface area contributed by atoms with Crippen LogP contribution >= 0.6 is 0 Å². The van der Waals surface area contributed by atoms with Crippen molar-refractivity contribution in [2.45, 2.75) is 24.8 Å². The van der Waals surface area contributed by atoms with Gasteiger partial charge in [-0.2, -0.15) is 0 Å². The molecule has 1 atom stereocenters. The van der Waals surface area contributed by atoms with Gasteiger partial charge < -0.3 is 0 Å². The van der Waals surface area contributed by atoms with Gasteiger partial charge in [0.15, 0.2) is 9.84 Å². The lowest BCUT2D eigenvalue weighted by atomic mass is 10.0. The molecule has 0 spiro atoms. The first-order valence-corrected chi connectivity index (χ1v) is 11.3. The summed E-state index contributed by atoms with van der Waals surface area (Å²) in [6.07, 6.45) is 1.05. The number of benzene rings is 2. The molecule has 1 heterocycles. The molecule has 0 aromatic heterocycles. The van der Waals surface area contributed by atoms with E-state index >= 15 is 0 Å². The first-order chi connectivity index (χ1) is 14.5. The molecule has 0 saturated heterocycles. The van der Waals surface area contributed by atoms with Gasteiger partial charge >= 0.3 is 0 Å². The zero-order valence-electron chi connectivity index (χ0n) is 17.1. The smallest absolute Gasteiger partial charge is 0.269 e. The third-order valence-electron chi connectivity index (χ3n) is 4.85. The van der Waals surface area contributed by atoms with Crippen molar-refractivity contribution < 1.29 is 27.6 Å². The van der Waals surface area contributed by atoms with Gasteiger partial charge in [0.1, 0.15) is 6.04 Å². The van der Waals surface area contributed by atoms with E-state index in [2.05, 4.69) is 10.9 Å². The van der Waals surface area contributed by atoms with Crippen LogP contribution < -0.4 is 10.9 Å².